The van der Waals surface area contributed by atoms with E-state index in [9.17, 15) is 33.7 Å². The number of sulfonamides is 3. The molecule has 0 fully saturated rings. The summed E-state index contributed by atoms with van der Waals surface area (Å²) in [6.07, 6.45) is 1.71. The molecule has 1 aromatic carbocycles. The standard InChI is InChI=1S/C12H20N2O9S4/c1-11-5-7-12(8-6-11)27(21,22)13(9-10-23-26(4,19)20)14(24(2,15)16)25(3,17)18/h5-8H,9-10H2,1-4H3. The summed E-state index contributed by atoms with van der Waals surface area (Å²) in [5, 5.41) is 0. The second-order valence-electron chi connectivity index (χ2n) is 5.59. The molecule has 1 rings (SSSR count). The van der Waals surface area contributed by atoms with Gasteiger partial charge in [0.15, 0.2) is 0 Å². The molecule has 11 nitrogen and oxygen atoms in total. The van der Waals surface area contributed by atoms with Gasteiger partial charge in [0.1, 0.15) is 0 Å². The summed E-state index contributed by atoms with van der Waals surface area (Å²) in [6, 6.07) is 5.20. The van der Waals surface area contributed by atoms with E-state index in [0.717, 1.165) is 12.1 Å². The number of hydrogen-bond acceptors (Lipinski definition) is 9. The molecule has 0 aliphatic heterocycles. The van der Waals surface area contributed by atoms with Gasteiger partial charge < -0.3 is 0 Å². The quantitative estimate of drug-likeness (QED) is 0.334. The summed E-state index contributed by atoms with van der Waals surface area (Å²) < 4.78 is 100. The average Bonchev–Trinajstić information content (AvgIpc) is 2.42. The van der Waals surface area contributed by atoms with Crippen molar-refractivity contribution in [2.75, 3.05) is 31.9 Å². The Morgan fingerprint density at radius 1 is 0.815 bits per heavy atom. The summed E-state index contributed by atoms with van der Waals surface area (Å²) in [4.78, 5) is -0.384. The lowest BCUT2D eigenvalue weighted by atomic mass is 10.2. The third kappa shape index (κ3) is 6.78. The van der Waals surface area contributed by atoms with Crippen molar-refractivity contribution in [3.8, 4) is 0 Å². The van der Waals surface area contributed by atoms with Crippen molar-refractivity contribution in [2.45, 2.75) is 11.8 Å². The highest BCUT2D eigenvalue weighted by molar-refractivity contribution is 8.04. The molecule has 0 radical (unpaired) electrons. The van der Waals surface area contributed by atoms with Gasteiger partial charge in [-0.3, -0.25) is 4.18 Å². The molecule has 0 atom stereocenters. The zero-order chi connectivity index (χ0) is 21.3. The van der Waals surface area contributed by atoms with Gasteiger partial charge in [0, 0.05) is 0 Å². The van der Waals surface area contributed by atoms with Gasteiger partial charge in [-0.1, -0.05) is 17.7 Å². The molecule has 0 spiro atoms. The minimum atomic E-state index is -4.67. The van der Waals surface area contributed by atoms with Gasteiger partial charge in [-0.2, -0.15) is 8.42 Å². The summed E-state index contributed by atoms with van der Waals surface area (Å²) >= 11 is 0. The van der Waals surface area contributed by atoms with Crippen molar-refractivity contribution >= 4 is 40.2 Å². The molecule has 0 saturated carbocycles. The maximum absolute atomic E-state index is 12.9. The highest BCUT2D eigenvalue weighted by Gasteiger charge is 2.41. The molecule has 156 valence electrons. The van der Waals surface area contributed by atoms with Crippen LogP contribution in [0.3, 0.4) is 0 Å². The Hall–Kier alpha value is -1.10. The second kappa shape index (κ2) is 8.10. The minimum Gasteiger partial charge on any atom is -0.269 e. The van der Waals surface area contributed by atoms with E-state index >= 15 is 0 Å². The van der Waals surface area contributed by atoms with Crippen LogP contribution in [-0.4, -0.2) is 73.8 Å². The number of nitrogens with zero attached hydrogens (tertiary/aromatic N) is 2. The minimum absolute atomic E-state index is 0.0491. The summed E-state index contributed by atoms with van der Waals surface area (Å²) in [6.45, 7) is 0.00229. The fraction of sp³-hybridized carbons (Fsp3) is 0.500. The van der Waals surface area contributed by atoms with Crippen LogP contribution in [0.1, 0.15) is 5.56 Å². The van der Waals surface area contributed by atoms with Crippen LogP contribution in [0.25, 0.3) is 0 Å². The van der Waals surface area contributed by atoms with Crippen LogP contribution in [0.4, 0.5) is 0 Å². The fourth-order valence-corrected chi connectivity index (χ4v) is 7.60. The Bertz CT molecular complexity index is 1060. The van der Waals surface area contributed by atoms with Gasteiger partial charge in [0.25, 0.3) is 20.1 Å². The molecule has 0 N–H and O–H groups in total. The van der Waals surface area contributed by atoms with Gasteiger partial charge in [-0.05, 0) is 22.9 Å². The average molecular weight is 465 g/mol. The van der Waals surface area contributed by atoms with Gasteiger partial charge in [-0.25, -0.2) is 25.3 Å². The molecule has 27 heavy (non-hydrogen) atoms. The van der Waals surface area contributed by atoms with Gasteiger partial charge >= 0.3 is 0 Å². The van der Waals surface area contributed by atoms with E-state index in [1.165, 1.54) is 12.1 Å². The largest absolute Gasteiger partial charge is 0.269 e. The van der Waals surface area contributed by atoms with Gasteiger partial charge in [0.2, 0.25) is 20.0 Å². The molecule has 0 aliphatic carbocycles. The summed E-state index contributed by atoms with van der Waals surface area (Å²) in [5.74, 6) is 0. The Kier molecular flexibility index (Phi) is 7.18. The van der Waals surface area contributed by atoms with Crippen LogP contribution < -0.4 is 0 Å². The topological polar surface area (TPSA) is 152 Å². The first-order valence-electron chi connectivity index (χ1n) is 7.10. The van der Waals surface area contributed by atoms with Crippen molar-refractivity contribution in [3.05, 3.63) is 29.8 Å². The van der Waals surface area contributed by atoms with E-state index in [1.54, 1.807) is 6.92 Å². The molecular weight excluding hydrogens is 444 g/mol. The van der Waals surface area contributed by atoms with Crippen LogP contribution >= 0.6 is 0 Å². The smallest absolute Gasteiger partial charge is 0.264 e. The summed E-state index contributed by atoms with van der Waals surface area (Å²) in [5.41, 5.74) is 0.712. The lowest BCUT2D eigenvalue weighted by Crippen LogP contribution is -2.52. The normalized spacial score (nSPS) is 14.0. The van der Waals surface area contributed by atoms with Crippen LogP contribution in [0.2, 0.25) is 0 Å². The molecule has 0 unspecified atom stereocenters. The lowest BCUT2D eigenvalue weighted by Gasteiger charge is -2.29. The van der Waals surface area contributed by atoms with Gasteiger partial charge in [-0.15, -0.1) is 4.41 Å². The van der Waals surface area contributed by atoms with Crippen molar-refractivity contribution in [3.63, 3.8) is 0 Å². The Labute approximate surface area is 159 Å². The monoisotopic (exact) mass is 464 g/mol. The third-order valence-electron chi connectivity index (χ3n) is 2.93. The van der Waals surface area contributed by atoms with E-state index in [2.05, 4.69) is 4.18 Å². The van der Waals surface area contributed by atoms with Gasteiger partial charge in [0.05, 0.1) is 36.8 Å². The van der Waals surface area contributed by atoms with Crippen LogP contribution in [0.5, 0.6) is 0 Å². The number of aryl methyl sites for hydroxylation is 1. The summed E-state index contributed by atoms with van der Waals surface area (Å²) in [7, 11) is -17.8. The molecule has 1 aromatic rings. The first kappa shape index (κ1) is 23.9. The van der Waals surface area contributed by atoms with E-state index in [1.807, 2.05) is 0 Å². The van der Waals surface area contributed by atoms with Crippen molar-refractivity contribution < 1.29 is 37.9 Å². The van der Waals surface area contributed by atoms with Crippen LogP contribution in [0, 0.1) is 6.92 Å². The number of benzene rings is 1. The van der Waals surface area contributed by atoms with Crippen LogP contribution in [-0.2, 0) is 44.4 Å². The molecule has 0 amide bonds. The van der Waals surface area contributed by atoms with E-state index in [0.29, 0.717) is 24.3 Å². The van der Waals surface area contributed by atoms with Crippen molar-refractivity contribution in [2.24, 2.45) is 0 Å². The molecule has 0 aromatic heterocycles. The van der Waals surface area contributed by atoms with E-state index in [-0.39, 0.29) is 13.1 Å². The highest BCUT2D eigenvalue weighted by Crippen LogP contribution is 2.22. The Morgan fingerprint density at radius 2 is 1.26 bits per heavy atom. The second-order valence-corrected chi connectivity index (χ2v) is 12.9. The van der Waals surface area contributed by atoms with Crippen LogP contribution in [0.15, 0.2) is 29.2 Å². The number of hydrazine groups is 1. The molecule has 0 aliphatic rings. The first-order chi connectivity index (χ1) is 12.0. The molecule has 0 bridgehead atoms. The molecular formula is C12H20N2O9S4. The lowest BCUT2D eigenvalue weighted by molar-refractivity contribution is 0.207. The SMILES string of the molecule is Cc1ccc(S(=O)(=O)N(CCOS(C)(=O)=O)N(S(C)(=O)=O)S(C)(=O)=O)cc1. The third-order valence-corrected chi connectivity index (χ3v) is 8.65. The maximum Gasteiger partial charge on any atom is 0.264 e. The number of hydrogen-bond donors (Lipinski definition) is 0. The van der Waals surface area contributed by atoms with E-state index in [4.69, 9.17) is 0 Å². The predicted octanol–water partition coefficient (Wildman–Crippen LogP) is -0.902. The Balaban J connectivity index is 3.55. The van der Waals surface area contributed by atoms with Crippen molar-refractivity contribution in [1.82, 2.24) is 8.23 Å². The van der Waals surface area contributed by atoms with E-state index < -0.39 is 53.3 Å². The predicted molar refractivity (Wildman–Crippen MR) is 97.4 cm³/mol. The molecule has 15 heteroatoms. The first-order valence-corrected chi connectivity index (χ1v) is 14.1. The maximum atomic E-state index is 12.9. The van der Waals surface area contributed by atoms with Crippen molar-refractivity contribution in [1.29, 1.82) is 0 Å². The highest BCUT2D eigenvalue weighted by atomic mass is 32.3. The zero-order valence-electron chi connectivity index (χ0n) is 14.9. The fourth-order valence-electron chi connectivity index (χ4n) is 1.97. The zero-order valence-corrected chi connectivity index (χ0v) is 18.2. The Morgan fingerprint density at radius 3 is 1.63 bits per heavy atom. The molecule has 0 saturated heterocycles. The molecule has 0 heterocycles. The number of rotatable bonds is 9.